The molecule has 0 saturated heterocycles. The average Bonchev–Trinajstić information content (AvgIpc) is 3.11. The number of hydrogen-bond donors (Lipinski definition) is 2. The topological polar surface area (TPSA) is 80.0 Å². The molecular weight excluding hydrogens is 304 g/mol. The summed E-state index contributed by atoms with van der Waals surface area (Å²) in [6.07, 6.45) is 3.40. The minimum atomic E-state index is -0.0978. The number of carbonyl (C=O) groups is 1. The molecule has 0 aliphatic heterocycles. The molecule has 0 radical (unpaired) electrons. The van der Waals surface area contributed by atoms with Crippen LogP contribution < -0.4 is 5.32 Å². The fourth-order valence-corrected chi connectivity index (χ4v) is 2.43. The van der Waals surface area contributed by atoms with Crippen molar-refractivity contribution < 1.29 is 9.90 Å². The molecule has 0 aliphatic rings. The molecule has 1 aromatic heterocycles. The van der Waals surface area contributed by atoms with Crippen molar-refractivity contribution in [2.24, 2.45) is 0 Å². The lowest BCUT2D eigenvalue weighted by atomic mass is 10.1. The van der Waals surface area contributed by atoms with Gasteiger partial charge in [-0.1, -0.05) is 24.3 Å². The lowest BCUT2D eigenvalue weighted by Gasteiger charge is -2.15. The number of aromatic hydroxyl groups is 1. The van der Waals surface area contributed by atoms with Crippen molar-refractivity contribution in [2.45, 2.75) is 19.4 Å². The summed E-state index contributed by atoms with van der Waals surface area (Å²) >= 11 is 0. The molecule has 1 amide bonds. The lowest BCUT2D eigenvalue weighted by Crippen LogP contribution is -2.28. The van der Waals surface area contributed by atoms with Crippen LogP contribution in [0.15, 0.2) is 61.2 Å². The molecule has 2 N–H and O–H groups in total. The predicted molar refractivity (Wildman–Crippen MR) is 89.7 cm³/mol. The van der Waals surface area contributed by atoms with Gasteiger partial charge in [0.2, 0.25) is 5.91 Å². The van der Waals surface area contributed by atoms with Crippen molar-refractivity contribution in [3.8, 4) is 11.4 Å². The molecular formula is C18H18N4O2. The largest absolute Gasteiger partial charge is 0.508 e. The fraction of sp³-hybridized carbons (Fsp3) is 0.167. The fourth-order valence-electron chi connectivity index (χ4n) is 2.43. The second kappa shape index (κ2) is 6.95. The van der Waals surface area contributed by atoms with Crippen LogP contribution in [0.5, 0.6) is 5.75 Å². The number of nitrogens with one attached hydrogen (secondary N) is 1. The molecule has 0 fully saturated rings. The number of amides is 1. The molecule has 1 atom stereocenters. The highest BCUT2D eigenvalue weighted by Gasteiger charge is 2.10. The van der Waals surface area contributed by atoms with E-state index in [2.05, 4.69) is 15.4 Å². The van der Waals surface area contributed by atoms with Gasteiger partial charge in [-0.15, -0.1) is 0 Å². The molecule has 24 heavy (non-hydrogen) atoms. The summed E-state index contributed by atoms with van der Waals surface area (Å²) in [4.78, 5) is 16.1. The van der Waals surface area contributed by atoms with Crippen LogP contribution in [0.2, 0.25) is 0 Å². The predicted octanol–water partition coefficient (Wildman–Crippen LogP) is 2.39. The number of phenols is 1. The Labute approximate surface area is 139 Å². The summed E-state index contributed by atoms with van der Waals surface area (Å²) in [5.41, 5.74) is 2.79. The summed E-state index contributed by atoms with van der Waals surface area (Å²) in [6, 6.07) is 14.3. The first-order valence-corrected chi connectivity index (χ1v) is 7.64. The second-order valence-corrected chi connectivity index (χ2v) is 5.56. The Morgan fingerprint density at radius 2 is 1.88 bits per heavy atom. The molecule has 3 rings (SSSR count). The minimum Gasteiger partial charge on any atom is -0.508 e. The summed E-state index contributed by atoms with van der Waals surface area (Å²) in [5.74, 6) is 0.133. The van der Waals surface area contributed by atoms with Crippen LogP contribution in [-0.4, -0.2) is 25.8 Å². The lowest BCUT2D eigenvalue weighted by molar-refractivity contribution is -0.121. The van der Waals surface area contributed by atoms with Gasteiger partial charge in [-0.2, -0.15) is 5.10 Å². The highest BCUT2D eigenvalue weighted by Crippen LogP contribution is 2.16. The normalized spacial score (nSPS) is 11.9. The van der Waals surface area contributed by atoms with Crippen molar-refractivity contribution in [2.75, 3.05) is 0 Å². The maximum absolute atomic E-state index is 12.1. The van der Waals surface area contributed by atoms with Gasteiger partial charge in [-0.3, -0.25) is 4.79 Å². The van der Waals surface area contributed by atoms with E-state index in [-0.39, 0.29) is 24.1 Å². The van der Waals surface area contributed by atoms with Crippen LogP contribution >= 0.6 is 0 Å². The Bertz CT molecular complexity index is 796. The van der Waals surface area contributed by atoms with Gasteiger partial charge >= 0.3 is 0 Å². The highest BCUT2D eigenvalue weighted by molar-refractivity contribution is 5.79. The Morgan fingerprint density at radius 1 is 1.17 bits per heavy atom. The van der Waals surface area contributed by atoms with Gasteiger partial charge < -0.3 is 10.4 Å². The summed E-state index contributed by atoms with van der Waals surface area (Å²) in [5, 5.41) is 16.3. The molecule has 1 heterocycles. The van der Waals surface area contributed by atoms with E-state index in [1.54, 1.807) is 35.3 Å². The van der Waals surface area contributed by atoms with E-state index in [1.165, 1.54) is 6.33 Å². The van der Waals surface area contributed by atoms with Gasteiger partial charge in [-0.05, 0) is 42.3 Å². The van der Waals surface area contributed by atoms with E-state index in [0.717, 1.165) is 16.8 Å². The van der Waals surface area contributed by atoms with Gasteiger partial charge in [0.05, 0.1) is 18.2 Å². The first-order valence-electron chi connectivity index (χ1n) is 7.64. The Hall–Kier alpha value is -3.15. The second-order valence-electron chi connectivity index (χ2n) is 5.56. The van der Waals surface area contributed by atoms with Gasteiger partial charge in [0.15, 0.2) is 0 Å². The van der Waals surface area contributed by atoms with Gasteiger partial charge in [-0.25, -0.2) is 9.67 Å². The smallest absolute Gasteiger partial charge is 0.224 e. The molecule has 0 saturated carbocycles. The van der Waals surface area contributed by atoms with Gasteiger partial charge in [0.1, 0.15) is 18.4 Å². The maximum Gasteiger partial charge on any atom is 0.224 e. The van der Waals surface area contributed by atoms with E-state index in [0.29, 0.717) is 0 Å². The number of phenolic OH excluding ortho intramolecular Hbond substituents is 1. The van der Waals surface area contributed by atoms with Crippen LogP contribution in [0.4, 0.5) is 0 Å². The van der Waals surface area contributed by atoms with Crippen LogP contribution in [-0.2, 0) is 11.2 Å². The van der Waals surface area contributed by atoms with Crippen LogP contribution in [0, 0.1) is 0 Å². The zero-order chi connectivity index (χ0) is 16.9. The number of nitrogens with zero attached hydrogens (tertiary/aromatic N) is 3. The van der Waals surface area contributed by atoms with E-state index >= 15 is 0 Å². The van der Waals surface area contributed by atoms with Crippen molar-refractivity contribution >= 4 is 5.91 Å². The molecule has 6 heteroatoms. The van der Waals surface area contributed by atoms with Crippen molar-refractivity contribution in [1.29, 1.82) is 0 Å². The van der Waals surface area contributed by atoms with E-state index in [9.17, 15) is 9.90 Å². The molecule has 0 bridgehead atoms. The third kappa shape index (κ3) is 3.78. The van der Waals surface area contributed by atoms with Crippen LogP contribution in [0.1, 0.15) is 24.1 Å². The SMILES string of the molecule is CC(NC(=O)Cc1ccc(O)cc1)c1ccc(-n2cncn2)cc1. The third-order valence-corrected chi connectivity index (χ3v) is 3.75. The standard InChI is InChI=1S/C18H18N4O2/c1-13(21-18(24)10-14-2-8-17(23)9-3-14)15-4-6-16(7-5-15)22-12-19-11-20-22/h2-9,11-13,23H,10H2,1H3,(H,21,24). The van der Waals surface area contributed by atoms with E-state index in [4.69, 9.17) is 0 Å². The van der Waals surface area contributed by atoms with Gasteiger partial charge in [0.25, 0.3) is 0 Å². The molecule has 6 nitrogen and oxygen atoms in total. The average molecular weight is 322 g/mol. The summed E-state index contributed by atoms with van der Waals surface area (Å²) in [7, 11) is 0. The summed E-state index contributed by atoms with van der Waals surface area (Å²) < 4.78 is 1.68. The molecule has 122 valence electrons. The molecule has 0 aliphatic carbocycles. The van der Waals surface area contributed by atoms with Crippen LogP contribution in [0.25, 0.3) is 5.69 Å². The van der Waals surface area contributed by atoms with Gasteiger partial charge in [0, 0.05) is 0 Å². The number of benzene rings is 2. The number of hydrogen-bond acceptors (Lipinski definition) is 4. The van der Waals surface area contributed by atoms with Crippen molar-refractivity contribution in [3.63, 3.8) is 0 Å². The summed E-state index contributed by atoms with van der Waals surface area (Å²) in [6.45, 7) is 1.94. The number of rotatable bonds is 5. The Morgan fingerprint density at radius 3 is 2.50 bits per heavy atom. The molecule has 2 aromatic carbocycles. The molecule has 3 aromatic rings. The molecule has 1 unspecified atom stereocenters. The highest BCUT2D eigenvalue weighted by atomic mass is 16.3. The van der Waals surface area contributed by atoms with E-state index < -0.39 is 0 Å². The maximum atomic E-state index is 12.1. The molecule has 0 spiro atoms. The first kappa shape index (κ1) is 15.7. The zero-order valence-electron chi connectivity index (χ0n) is 13.3. The quantitative estimate of drug-likeness (QED) is 0.756. The first-order chi connectivity index (χ1) is 11.6. The van der Waals surface area contributed by atoms with Crippen LogP contribution in [0.3, 0.4) is 0 Å². The third-order valence-electron chi connectivity index (χ3n) is 3.75. The Kier molecular flexibility index (Phi) is 4.56. The number of aromatic nitrogens is 3. The van der Waals surface area contributed by atoms with E-state index in [1.807, 2.05) is 31.2 Å². The van der Waals surface area contributed by atoms with Crippen molar-refractivity contribution in [3.05, 3.63) is 72.3 Å². The minimum absolute atomic E-state index is 0.0615. The number of carbonyl (C=O) groups excluding carboxylic acids is 1. The van der Waals surface area contributed by atoms with Crippen molar-refractivity contribution in [1.82, 2.24) is 20.1 Å². The monoisotopic (exact) mass is 322 g/mol. The zero-order valence-corrected chi connectivity index (χ0v) is 13.3. The Balaban J connectivity index is 1.60.